The van der Waals surface area contributed by atoms with Gasteiger partial charge in [-0.15, -0.1) is 0 Å². The molecule has 3 aromatic carbocycles. The fraction of sp³-hybridized carbons (Fsp3) is 0.310. The molecule has 2 heterocycles. The first-order chi connectivity index (χ1) is 18.0. The molecule has 5 rings (SSSR count). The number of rotatable bonds is 7. The van der Waals surface area contributed by atoms with Gasteiger partial charge in [0.25, 0.3) is 11.8 Å². The highest BCUT2D eigenvalue weighted by atomic mass is 32.2. The average Bonchev–Trinajstić information content (AvgIpc) is 3.02. The summed E-state index contributed by atoms with van der Waals surface area (Å²) in [6.45, 7) is 8.56. The molecule has 1 N–H and O–H groups in total. The standard InChI is InChI=1S/C29H32N4O3S/c1-2-33-25-20-23(12-13-27(25)37(36)26-11-7-6-10-24(26)29(33)35)28(34)30-14-15-31-16-18-32(19-17-31)21-22-8-4-3-5-9-22/h3-13,20H,2,14-19,21H2,1H3,(H,30,34)/t37-/m1/s1. The normalized spacial score (nSPS) is 18.1. The molecule has 0 radical (unpaired) electrons. The van der Waals surface area contributed by atoms with E-state index in [1.54, 1.807) is 47.4 Å². The number of nitrogens with zero attached hydrogens (tertiary/aromatic N) is 3. The highest BCUT2D eigenvalue weighted by molar-refractivity contribution is 7.85. The minimum absolute atomic E-state index is 0.193. The Bertz CT molecular complexity index is 1310. The summed E-state index contributed by atoms with van der Waals surface area (Å²) in [6.07, 6.45) is 0. The molecule has 3 aromatic rings. The van der Waals surface area contributed by atoms with E-state index < -0.39 is 10.8 Å². The van der Waals surface area contributed by atoms with Crippen molar-refractivity contribution in [3.63, 3.8) is 0 Å². The van der Waals surface area contributed by atoms with Gasteiger partial charge < -0.3 is 10.2 Å². The molecule has 0 bridgehead atoms. The van der Waals surface area contributed by atoms with Crippen LogP contribution in [0.25, 0.3) is 0 Å². The quantitative estimate of drug-likeness (QED) is 0.521. The van der Waals surface area contributed by atoms with Gasteiger partial charge in [-0.05, 0) is 42.8 Å². The zero-order chi connectivity index (χ0) is 25.8. The van der Waals surface area contributed by atoms with Gasteiger partial charge in [-0.2, -0.15) is 0 Å². The Morgan fingerprint density at radius 2 is 1.59 bits per heavy atom. The predicted molar refractivity (Wildman–Crippen MR) is 145 cm³/mol. The summed E-state index contributed by atoms with van der Waals surface area (Å²) in [5.74, 6) is -0.393. The highest BCUT2D eigenvalue weighted by Crippen LogP contribution is 2.35. The van der Waals surface area contributed by atoms with Gasteiger partial charge in [0.05, 0.1) is 31.8 Å². The monoisotopic (exact) mass is 516 g/mol. The van der Waals surface area contributed by atoms with Gasteiger partial charge >= 0.3 is 0 Å². The summed E-state index contributed by atoms with van der Waals surface area (Å²) >= 11 is 0. The Hall–Kier alpha value is -3.33. The molecule has 0 aromatic heterocycles. The van der Waals surface area contributed by atoms with Crippen molar-refractivity contribution in [2.75, 3.05) is 50.7 Å². The van der Waals surface area contributed by atoms with E-state index in [1.165, 1.54) is 5.56 Å². The zero-order valence-electron chi connectivity index (χ0n) is 21.1. The lowest BCUT2D eigenvalue weighted by Crippen LogP contribution is -2.48. The van der Waals surface area contributed by atoms with Gasteiger partial charge in [0.2, 0.25) is 0 Å². The first-order valence-corrected chi connectivity index (χ1v) is 13.9. The Labute approximate surface area is 220 Å². The molecule has 2 aliphatic heterocycles. The number of piperazine rings is 1. The second-order valence-corrected chi connectivity index (χ2v) is 10.8. The molecule has 2 aliphatic rings. The second kappa shape index (κ2) is 11.4. The maximum absolute atomic E-state index is 13.3. The van der Waals surface area contributed by atoms with Crippen LogP contribution >= 0.6 is 0 Å². The van der Waals surface area contributed by atoms with Crippen LogP contribution < -0.4 is 10.2 Å². The SMILES string of the molecule is CCN1C(=O)c2ccccc2[S@@](=O)c2ccc(C(=O)NCCN3CCN(Cc4ccccc4)CC3)cc21. The second-order valence-electron chi connectivity index (χ2n) is 9.36. The lowest BCUT2D eigenvalue weighted by molar-refractivity contribution is 0.0932. The van der Waals surface area contributed by atoms with E-state index in [1.807, 2.05) is 13.0 Å². The van der Waals surface area contributed by atoms with Gasteiger partial charge in [0.1, 0.15) is 0 Å². The molecule has 0 saturated carbocycles. The Morgan fingerprint density at radius 1 is 0.892 bits per heavy atom. The third-order valence-corrected chi connectivity index (χ3v) is 8.52. The van der Waals surface area contributed by atoms with E-state index in [0.717, 1.165) is 39.3 Å². The summed E-state index contributed by atoms with van der Waals surface area (Å²) < 4.78 is 13.3. The predicted octanol–water partition coefficient (Wildman–Crippen LogP) is 3.38. The molecule has 0 unspecified atom stereocenters. The summed E-state index contributed by atoms with van der Waals surface area (Å²) in [7, 11) is -1.50. The van der Waals surface area contributed by atoms with Crippen molar-refractivity contribution in [1.82, 2.24) is 15.1 Å². The van der Waals surface area contributed by atoms with Crippen molar-refractivity contribution in [2.24, 2.45) is 0 Å². The number of hydrogen-bond donors (Lipinski definition) is 1. The molecule has 0 aliphatic carbocycles. The van der Waals surface area contributed by atoms with Crippen molar-refractivity contribution in [3.8, 4) is 0 Å². The van der Waals surface area contributed by atoms with E-state index >= 15 is 0 Å². The highest BCUT2D eigenvalue weighted by Gasteiger charge is 2.30. The van der Waals surface area contributed by atoms with Gasteiger partial charge in [-0.25, -0.2) is 4.21 Å². The first-order valence-electron chi connectivity index (χ1n) is 12.8. The largest absolute Gasteiger partial charge is 0.351 e. The fourth-order valence-corrected chi connectivity index (χ4v) is 6.31. The smallest absolute Gasteiger partial charge is 0.259 e. The minimum Gasteiger partial charge on any atom is -0.351 e. The molecular weight excluding hydrogens is 484 g/mol. The van der Waals surface area contributed by atoms with Crippen LogP contribution in [-0.4, -0.2) is 71.6 Å². The number of benzene rings is 3. The van der Waals surface area contributed by atoms with Gasteiger partial charge in [-0.1, -0.05) is 42.5 Å². The van der Waals surface area contributed by atoms with E-state index in [-0.39, 0.29) is 11.8 Å². The number of anilines is 1. The lowest BCUT2D eigenvalue weighted by atomic mass is 10.1. The maximum Gasteiger partial charge on any atom is 0.259 e. The molecule has 1 fully saturated rings. The van der Waals surface area contributed by atoms with E-state index in [4.69, 9.17) is 0 Å². The zero-order valence-corrected chi connectivity index (χ0v) is 21.9. The van der Waals surface area contributed by atoms with E-state index in [2.05, 4.69) is 39.4 Å². The van der Waals surface area contributed by atoms with Crippen molar-refractivity contribution in [3.05, 3.63) is 89.5 Å². The number of hydrogen-bond acceptors (Lipinski definition) is 5. The third kappa shape index (κ3) is 5.51. The Kier molecular flexibility index (Phi) is 7.79. The summed E-state index contributed by atoms with van der Waals surface area (Å²) in [6, 6.07) is 22.6. The summed E-state index contributed by atoms with van der Waals surface area (Å²) in [5.41, 5.74) is 2.76. The molecule has 7 nitrogen and oxygen atoms in total. The van der Waals surface area contributed by atoms with Crippen LogP contribution in [0.5, 0.6) is 0 Å². The number of fused-ring (bicyclic) bond motifs is 2. The van der Waals surface area contributed by atoms with Crippen LogP contribution in [0.4, 0.5) is 5.69 Å². The minimum atomic E-state index is -1.50. The van der Waals surface area contributed by atoms with Gasteiger partial charge in [0.15, 0.2) is 0 Å². The number of amides is 2. The fourth-order valence-electron chi connectivity index (χ4n) is 4.96. The van der Waals surface area contributed by atoms with Gasteiger partial charge in [0, 0.05) is 57.9 Å². The molecule has 2 amide bonds. The topological polar surface area (TPSA) is 73.0 Å². The van der Waals surface area contributed by atoms with Crippen LogP contribution in [0.1, 0.15) is 33.2 Å². The van der Waals surface area contributed by atoms with Crippen molar-refractivity contribution < 1.29 is 13.8 Å². The molecule has 37 heavy (non-hydrogen) atoms. The molecule has 0 spiro atoms. The van der Waals surface area contributed by atoms with Gasteiger partial charge in [-0.3, -0.25) is 19.4 Å². The number of nitrogens with one attached hydrogen (secondary N) is 1. The van der Waals surface area contributed by atoms with Crippen molar-refractivity contribution >= 4 is 28.3 Å². The molecule has 8 heteroatoms. The summed E-state index contributed by atoms with van der Waals surface area (Å²) in [4.78, 5) is 33.7. The number of carbonyl (C=O) groups is 2. The molecular formula is C29H32N4O3S. The molecule has 1 atom stereocenters. The van der Waals surface area contributed by atoms with Crippen molar-refractivity contribution in [2.45, 2.75) is 23.3 Å². The average molecular weight is 517 g/mol. The van der Waals surface area contributed by atoms with Crippen molar-refractivity contribution in [1.29, 1.82) is 0 Å². The first kappa shape index (κ1) is 25.3. The summed E-state index contributed by atoms with van der Waals surface area (Å²) in [5, 5.41) is 3.02. The third-order valence-electron chi connectivity index (χ3n) is 7.02. The van der Waals surface area contributed by atoms with Crippen LogP contribution in [0.2, 0.25) is 0 Å². The number of carbonyl (C=O) groups excluding carboxylic acids is 2. The lowest BCUT2D eigenvalue weighted by Gasteiger charge is -2.34. The van der Waals surface area contributed by atoms with Crippen LogP contribution in [0.15, 0.2) is 82.6 Å². The van der Waals surface area contributed by atoms with E-state index in [9.17, 15) is 13.8 Å². The maximum atomic E-state index is 13.3. The molecule has 1 saturated heterocycles. The van der Waals surface area contributed by atoms with Crippen LogP contribution in [-0.2, 0) is 17.3 Å². The van der Waals surface area contributed by atoms with Crippen LogP contribution in [0.3, 0.4) is 0 Å². The molecule has 192 valence electrons. The van der Waals surface area contributed by atoms with Crippen LogP contribution in [0, 0.1) is 0 Å². The Morgan fingerprint density at radius 3 is 2.35 bits per heavy atom. The Balaban J connectivity index is 1.19. The van der Waals surface area contributed by atoms with E-state index in [0.29, 0.717) is 39.7 Å².